The van der Waals surface area contributed by atoms with Gasteiger partial charge in [0.2, 0.25) is 0 Å². The van der Waals surface area contributed by atoms with Crippen LogP contribution in [0, 0.1) is 5.92 Å². The van der Waals surface area contributed by atoms with E-state index < -0.39 is 0 Å². The number of allylic oxidation sites excluding steroid dienone is 3. The number of fused-ring (bicyclic) bond motifs is 6. The van der Waals surface area contributed by atoms with E-state index in [4.69, 9.17) is 15.0 Å². The number of hydrogen-bond acceptors (Lipinski definition) is 4. The first-order valence-electron chi connectivity index (χ1n) is 20.4. The van der Waals surface area contributed by atoms with Crippen molar-refractivity contribution in [3.05, 3.63) is 205 Å². The van der Waals surface area contributed by atoms with Crippen LogP contribution in [0.2, 0.25) is 0 Å². The maximum atomic E-state index is 5.40. The molecule has 1 aliphatic carbocycles. The summed E-state index contributed by atoms with van der Waals surface area (Å²) in [6, 6.07) is 60.6. The molecule has 59 heavy (non-hydrogen) atoms. The van der Waals surface area contributed by atoms with E-state index in [0.29, 0.717) is 5.92 Å². The molecule has 0 radical (unpaired) electrons. The molecule has 0 bridgehead atoms. The van der Waals surface area contributed by atoms with E-state index in [2.05, 4.69) is 212 Å². The van der Waals surface area contributed by atoms with Crippen LogP contribution in [0.1, 0.15) is 30.6 Å². The van der Waals surface area contributed by atoms with Crippen molar-refractivity contribution in [1.82, 2.24) is 14.5 Å². The van der Waals surface area contributed by atoms with Crippen LogP contribution < -0.4 is 0 Å². The Hall–Kier alpha value is -7.37. The Bertz CT molecular complexity index is 3210. The van der Waals surface area contributed by atoms with Gasteiger partial charge in [-0.2, -0.15) is 0 Å². The predicted molar refractivity (Wildman–Crippen MR) is 246 cm³/mol. The molecule has 7 aromatic carbocycles. The molecule has 1 aliphatic heterocycles. The number of para-hydroxylation sites is 3. The molecular weight excluding hydrogens is 719 g/mol. The fourth-order valence-corrected chi connectivity index (χ4v) is 9.17. The number of benzene rings is 7. The molecule has 2 aliphatic rings. The van der Waals surface area contributed by atoms with E-state index in [0.717, 1.165) is 68.0 Å². The Morgan fingerprint density at radius 3 is 2.03 bits per heavy atom. The number of aliphatic imine (C=N–C) groups is 2. The van der Waals surface area contributed by atoms with E-state index in [9.17, 15) is 0 Å². The highest BCUT2D eigenvalue weighted by Crippen LogP contribution is 2.43. The minimum Gasteiger partial charge on any atom is -0.333 e. The molecule has 11 rings (SSSR count). The summed E-state index contributed by atoms with van der Waals surface area (Å²) in [4.78, 5) is 18.2. The molecular formula is C54H41N5. The van der Waals surface area contributed by atoms with E-state index in [1.54, 1.807) is 0 Å². The highest BCUT2D eigenvalue weighted by atomic mass is 15.3. The lowest BCUT2D eigenvalue weighted by Crippen LogP contribution is -2.36. The quantitative estimate of drug-likeness (QED) is 0.169. The van der Waals surface area contributed by atoms with Crippen LogP contribution in [0.15, 0.2) is 204 Å². The highest BCUT2D eigenvalue weighted by molar-refractivity contribution is 6.22. The molecule has 0 amide bonds. The monoisotopic (exact) mass is 759 g/mol. The van der Waals surface area contributed by atoms with Gasteiger partial charge in [0.1, 0.15) is 5.84 Å². The van der Waals surface area contributed by atoms with E-state index in [1.165, 1.54) is 38.3 Å². The van der Waals surface area contributed by atoms with Gasteiger partial charge in [-0.3, -0.25) is 0 Å². The van der Waals surface area contributed by atoms with Crippen LogP contribution in [0.25, 0.3) is 71.6 Å². The fourth-order valence-electron chi connectivity index (χ4n) is 9.17. The molecule has 1 unspecified atom stereocenters. The lowest BCUT2D eigenvalue weighted by Gasteiger charge is -2.34. The Morgan fingerprint density at radius 2 is 1.25 bits per heavy atom. The minimum atomic E-state index is -0.249. The van der Waals surface area contributed by atoms with Crippen LogP contribution in [0.5, 0.6) is 0 Å². The summed E-state index contributed by atoms with van der Waals surface area (Å²) >= 11 is 0. The zero-order chi connectivity index (χ0) is 39.5. The summed E-state index contributed by atoms with van der Waals surface area (Å²) in [5.74, 6) is 2.18. The zero-order valence-electron chi connectivity index (χ0n) is 33.0. The lowest BCUT2D eigenvalue weighted by molar-refractivity contribution is 0.384. The molecule has 0 fully saturated rings. The van der Waals surface area contributed by atoms with Gasteiger partial charge in [0.15, 0.2) is 12.0 Å². The summed E-state index contributed by atoms with van der Waals surface area (Å²) < 4.78 is 2.40. The van der Waals surface area contributed by atoms with Crippen molar-refractivity contribution in [3.8, 4) is 28.1 Å². The summed E-state index contributed by atoms with van der Waals surface area (Å²) in [6.07, 6.45) is 7.25. The molecule has 2 atom stereocenters. The molecule has 5 heteroatoms. The second kappa shape index (κ2) is 14.2. The Morgan fingerprint density at radius 1 is 0.593 bits per heavy atom. The molecule has 0 saturated carbocycles. The smallest absolute Gasteiger partial charge is 0.155 e. The van der Waals surface area contributed by atoms with Crippen LogP contribution >= 0.6 is 0 Å². The van der Waals surface area contributed by atoms with Crippen LogP contribution in [-0.2, 0) is 0 Å². The number of amidine groups is 2. The van der Waals surface area contributed by atoms with Gasteiger partial charge in [0.05, 0.1) is 22.2 Å². The summed E-state index contributed by atoms with van der Waals surface area (Å²) in [6.45, 7) is 2.25. The first-order chi connectivity index (χ1) is 29.1. The van der Waals surface area contributed by atoms with Crippen LogP contribution in [0.4, 0.5) is 0 Å². The van der Waals surface area contributed by atoms with Gasteiger partial charge >= 0.3 is 0 Å². The van der Waals surface area contributed by atoms with Crippen molar-refractivity contribution < 1.29 is 0 Å². The Balaban J connectivity index is 1.03. The van der Waals surface area contributed by atoms with E-state index in [-0.39, 0.29) is 6.17 Å². The third kappa shape index (κ3) is 5.89. The Labute approximate surface area is 343 Å². The molecule has 9 aromatic rings. The van der Waals surface area contributed by atoms with Crippen LogP contribution in [0.3, 0.4) is 0 Å². The summed E-state index contributed by atoms with van der Waals surface area (Å²) in [7, 11) is 2.12. The van der Waals surface area contributed by atoms with Crippen molar-refractivity contribution in [2.24, 2.45) is 15.9 Å². The normalized spacial score (nSPS) is 16.8. The first kappa shape index (κ1) is 34.8. The standard InChI is InChI=1S/C54H41N5/c1-35-16-15-19-39(34-35)52-56-53(38-17-5-3-6-18-38)58(2)54(57-52)44-33-32-41(42-22-9-10-23-43(42)44)36-28-30-37(31-29-36)50-49-46-25-12-14-27-48(46)59(40-20-7-4-8-21-40)51(49)45-24-11-13-26-47(45)55-50/h3-33,35,54H,34H2,1-2H3/t35-,54?/m0/s1. The third-order valence-electron chi connectivity index (χ3n) is 12.0. The SMILES string of the molecule is C[C@H]1C=CC=C(C2=NC(c3ccc(-c4ccc(-c5nc6ccccc6c6c5c5ccccc5n6-c5ccccc5)cc4)c4ccccc34)N(C)C(c3ccccc3)=N2)C1. The first-order valence-corrected chi connectivity index (χ1v) is 20.4. The maximum Gasteiger partial charge on any atom is 0.155 e. The van der Waals surface area contributed by atoms with Crippen LogP contribution in [-0.4, -0.2) is 33.2 Å². The fraction of sp³-hybridized carbons (Fsp3) is 0.0926. The minimum absolute atomic E-state index is 0.249. The molecule has 2 aromatic heterocycles. The second-order valence-electron chi connectivity index (χ2n) is 15.7. The van der Waals surface area contributed by atoms with Gasteiger partial charge in [-0.1, -0.05) is 171 Å². The average molecular weight is 760 g/mol. The summed E-state index contributed by atoms with van der Waals surface area (Å²) in [5, 5.41) is 5.86. The van der Waals surface area contributed by atoms with Gasteiger partial charge < -0.3 is 9.47 Å². The highest BCUT2D eigenvalue weighted by Gasteiger charge is 2.29. The number of aromatic nitrogens is 2. The Kier molecular flexibility index (Phi) is 8.40. The summed E-state index contributed by atoms with van der Waals surface area (Å²) in [5.41, 5.74) is 12.3. The molecule has 0 N–H and O–H groups in total. The van der Waals surface area contributed by atoms with E-state index in [1.807, 2.05) is 0 Å². The second-order valence-corrected chi connectivity index (χ2v) is 15.7. The third-order valence-corrected chi connectivity index (χ3v) is 12.0. The molecule has 0 saturated heterocycles. The van der Waals surface area contributed by atoms with Gasteiger partial charge in [0.25, 0.3) is 0 Å². The number of rotatable bonds is 6. The van der Waals surface area contributed by atoms with Gasteiger partial charge in [0, 0.05) is 45.6 Å². The van der Waals surface area contributed by atoms with E-state index >= 15 is 0 Å². The van der Waals surface area contributed by atoms with Crippen molar-refractivity contribution >= 4 is 55.2 Å². The number of hydrogen-bond donors (Lipinski definition) is 0. The van der Waals surface area contributed by atoms with Gasteiger partial charge in [-0.15, -0.1) is 0 Å². The number of pyridine rings is 1. The molecule has 282 valence electrons. The van der Waals surface area contributed by atoms with Crippen molar-refractivity contribution in [2.75, 3.05) is 7.05 Å². The predicted octanol–water partition coefficient (Wildman–Crippen LogP) is 13.1. The number of nitrogens with zero attached hydrogens (tertiary/aromatic N) is 5. The van der Waals surface area contributed by atoms with Crippen molar-refractivity contribution in [2.45, 2.75) is 19.5 Å². The van der Waals surface area contributed by atoms with Crippen molar-refractivity contribution in [1.29, 1.82) is 0 Å². The molecule has 0 spiro atoms. The van der Waals surface area contributed by atoms with Crippen molar-refractivity contribution in [3.63, 3.8) is 0 Å². The maximum absolute atomic E-state index is 5.40. The average Bonchev–Trinajstić information content (AvgIpc) is 3.65. The van der Waals surface area contributed by atoms with Gasteiger partial charge in [-0.05, 0) is 64.1 Å². The van der Waals surface area contributed by atoms with Gasteiger partial charge in [-0.25, -0.2) is 15.0 Å². The topological polar surface area (TPSA) is 45.8 Å². The molecule has 3 heterocycles. The zero-order valence-corrected chi connectivity index (χ0v) is 33.0. The molecule has 5 nitrogen and oxygen atoms in total. The largest absolute Gasteiger partial charge is 0.333 e. The lowest BCUT2D eigenvalue weighted by atomic mass is 9.92.